The van der Waals surface area contributed by atoms with Crippen LogP contribution < -0.4 is 9.64 Å². The van der Waals surface area contributed by atoms with E-state index < -0.39 is 0 Å². The minimum atomic E-state index is -0.275. The van der Waals surface area contributed by atoms with Gasteiger partial charge in [-0.2, -0.15) is 0 Å². The third kappa shape index (κ3) is 4.21. The number of carbonyl (C=O) groups excluding carboxylic acids is 2. The fraction of sp³-hybridized carbons (Fsp3) is 0.241. The van der Waals surface area contributed by atoms with Gasteiger partial charge in [0, 0.05) is 13.1 Å². The molecule has 0 aromatic heterocycles. The Balaban J connectivity index is 1.44. The molecule has 0 bridgehead atoms. The Morgan fingerprint density at radius 1 is 0.794 bits per heavy atom. The zero-order chi connectivity index (χ0) is 23.5. The first kappa shape index (κ1) is 22.0. The molecular formula is C29H28N2O3. The Kier molecular flexibility index (Phi) is 6.17. The first-order valence-corrected chi connectivity index (χ1v) is 11.8. The van der Waals surface area contributed by atoms with Crippen molar-refractivity contribution < 1.29 is 14.3 Å². The second kappa shape index (κ2) is 9.56. The molecule has 3 aromatic carbocycles. The van der Waals surface area contributed by atoms with Gasteiger partial charge in [-0.25, -0.2) is 4.90 Å². The normalized spacial score (nSPS) is 17.0. The van der Waals surface area contributed by atoms with E-state index in [0.717, 1.165) is 37.9 Å². The highest BCUT2D eigenvalue weighted by Gasteiger charge is 2.43. The van der Waals surface area contributed by atoms with Crippen LogP contribution in [0.15, 0.2) is 90.6 Å². The van der Waals surface area contributed by atoms with Crippen LogP contribution >= 0.6 is 0 Å². The average molecular weight is 453 g/mol. The number of nitrogens with zero attached hydrogens (tertiary/aromatic N) is 2. The van der Waals surface area contributed by atoms with Gasteiger partial charge in [-0.05, 0) is 60.6 Å². The Morgan fingerprint density at radius 2 is 1.41 bits per heavy atom. The summed E-state index contributed by atoms with van der Waals surface area (Å²) in [4.78, 5) is 30.7. The number of rotatable bonds is 6. The Labute approximate surface area is 200 Å². The number of hydrogen-bond acceptors (Lipinski definition) is 4. The highest BCUT2D eigenvalue weighted by atomic mass is 16.5. The molecule has 2 amide bonds. The highest BCUT2D eigenvalue weighted by Crippen LogP contribution is 2.37. The quantitative estimate of drug-likeness (QED) is 0.498. The second-order valence-electron chi connectivity index (χ2n) is 8.85. The van der Waals surface area contributed by atoms with E-state index >= 15 is 0 Å². The van der Waals surface area contributed by atoms with Crippen molar-refractivity contribution in [2.24, 2.45) is 5.92 Å². The minimum absolute atomic E-state index is 0.247. The van der Waals surface area contributed by atoms with Crippen LogP contribution in [0.3, 0.4) is 0 Å². The summed E-state index contributed by atoms with van der Waals surface area (Å²) in [6, 6.07) is 27.1. The largest absolute Gasteiger partial charge is 0.497 e. The van der Waals surface area contributed by atoms with Crippen molar-refractivity contribution in [1.29, 1.82) is 0 Å². The maximum atomic E-state index is 13.7. The third-order valence-electron chi connectivity index (χ3n) is 6.75. The molecule has 5 rings (SSSR count). The lowest BCUT2D eigenvalue weighted by Gasteiger charge is -2.34. The Bertz CT molecular complexity index is 1200. The third-order valence-corrected chi connectivity index (χ3v) is 6.75. The van der Waals surface area contributed by atoms with Gasteiger partial charge in [0.1, 0.15) is 11.4 Å². The number of anilines is 1. The first-order chi connectivity index (χ1) is 16.7. The average Bonchev–Trinajstić information content (AvgIpc) is 3.15. The SMILES string of the molecule is COc1ccc(C2=C(N3CCC(Cc4ccccc4)CC3)C(=O)N(c3ccccc3)C2=O)cc1. The van der Waals surface area contributed by atoms with Crippen LogP contribution in [-0.2, 0) is 16.0 Å². The topological polar surface area (TPSA) is 49.9 Å². The molecular weight excluding hydrogens is 424 g/mol. The maximum absolute atomic E-state index is 13.7. The summed E-state index contributed by atoms with van der Waals surface area (Å²) in [5.41, 5.74) is 3.66. The van der Waals surface area contributed by atoms with E-state index in [4.69, 9.17) is 4.74 Å². The Morgan fingerprint density at radius 3 is 2.03 bits per heavy atom. The lowest BCUT2D eigenvalue weighted by molar-refractivity contribution is -0.120. The van der Waals surface area contributed by atoms with E-state index in [1.807, 2.05) is 48.5 Å². The lowest BCUT2D eigenvalue weighted by Crippen LogP contribution is -2.39. The van der Waals surface area contributed by atoms with E-state index in [0.29, 0.717) is 28.6 Å². The van der Waals surface area contributed by atoms with Crippen molar-refractivity contribution >= 4 is 23.1 Å². The van der Waals surface area contributed by atoms with Crippen molar-refractivity contribution in [2.75, 3.05) is 25.1 Å². The second-order valence-corrected chi connectivity index (χ2v) is 8.85. The van der Waals surface area contributed by atoms with Gasteiger partial charge in [0.05, 0.1) is 18.4 Å². The number of carbonyl (C=O) groups is 2. The molecule has 0 aliphatic carbocycles. The number of imide groups is 1. The van der Waals surface area contributed by atoms with E-state index in [1.54, 1.807) is 19.2 Å². The number of methoxy groups -OCH3 is 1. The molecule has 172 valence electrons. The number of hydrogen-bond donors (Lipinski definition) is 0. The fourth-order valence-corrected chi connectivity index (χ4v) is 4.95. The summed E-state index contributed by atoms with van der Waals surface area (Å²) in [7, 11) is 1.61. The summed E-state index contributed by atoms with van der Waals surface area (Å²) < 4.78 is 5.29. The van der Waals surface area contributed by atoms with Crippen LogP contribution in [0.1, 0.15) is 24.0 Å². The first-order valence-electron chi connectivity index (χ1n) is 11.8. The van der Waals surface area contributed by atoms with Crippen LogP contribution in [0, 0.1) is 5.92 Å². The van der Waals surface area contributed by atoms with E-state index in [-0.39, 0.29) is 11.8 Å². The van der Waals surface area contributed by atoms with Crippen molar-refractivity contribution in [3.05, 3.63) is 102 Å². The number of para-hydroxylation sites is 1. The molecule has 1 saturated heterocycles. The molecule has 0 spiro atoms. The number of likely N-dealkylation sites (tertiary alicyclic amines) is 1. The standard InChI is InChI=1S/C29H28N2O3/c1-34-25-14-12-23(13-15-25)26-27(29(33)31(28(26)32)24-10-6-3-7-11-24)30-18-16-22(17-19-30)20-21-8-4-2-5-9-21/h2-15,22H,16-20H2,1H3. The predicted octanol–water partition coefficient (Wildman–Crippen LogP) is 4.93. The summed E-state index contributed by atoms with van der Waals surface area (Å²) in [5.74, 6) is 0.761. The van der Waals surface area contributed by atoms with Crippen LogP contribution in [0.25, 0.3) is 5.57 Å². The van der Waals surface area contributed by atoms with Crippen molar-refractivity contribution in [1.82, 2.24) is 4.90 Å². The lowest BCUT2D eigenvalue weighted by atomic mass is 9.89. The minimum Gasteiger partial charge on any atom is -0.497 e. The van der Waals surface area contributed by atoms with E-state index in [9.17, 15) is 9.59 Å². The molecule has 2 aliphatic heterocycles. The van der Waals surface area contributed by atoms with Crippen LogP contribution in [-0.4, -0.2) is 36.9 Å². The molecule has 0 radical (unpaired) electrons. The highest BCUT2D eigenvalue weighted by molar-refractivity contribution is 6.45. The van der Waals surface area contributed by atoms with Gasteiger partial charge in [-0.1, -0.05) is 60.7 Å². The zero-order valence-electron chi connectivity index (χ0n) is 19.3. The fourth-order valence-electron chi connectivity index (χ4n) is 4.95. The number of piperidine rings is 1. The van der Waals surface area contributed by atoms with Crippen molar-refractivity contribution in [3.63, 3.8) is 0 Å². The molecule has 1 fully saturated rings. The molecule has 5 heteroatoms. The van der Waals surface area contributed by atoms with Gasteiger partial charge in [-0.3, -0.25) is 9.59 Å². The molecule has 0 unspecified atom stereocenters. The van der Waals surface area contributed by atoms with Crippen LogP contribution in [0.5, 0.6) is 5.75 Å². The van der Waals surface area contributed by atoms with Crippen molar-refractivity contribution in [2.45, 2.75) is 19.3 Å². The van der Waals surface area contributed by atoms with Gasteiger partial charge in [-0.15, -0.1) is 0 Å². The van der Waals surface area contributed by atoms with Gasteiger partial charge in [0.2, 0.25) is 0 Å². The van der Waals surface area contributed by atoms with E-state index in [2.05, 4.69) is 29.2 Å². The summed E-state index contributed by atoms with van der Waals surface area (Å²) in [6.07, 6.45) is 3.02. The molecule has 0 atom stereocenters. The van der Waals surface area contributed by atoms with E-state index in [1.165, 1.54) is 10.5 Å². The van der Waals surface area contributed by atoms with Gasteiger partial charge in [0.15, 0.2) is 0 Å². The zero-order valence-corrected chi connectivity index (χ0v) is 19.3. The van der Waals surface area contributed by atoms with Gasteiger partial charge in [0.25, 0.3) is 11.8 Å². The predicted molar refractivity (Wildman–Crippen MR) is 133 cm³/mol. The number of amides is 2. The van der Waals surface area contributed by atoms with Crippen molar-refractivity contribution in [3.8, 4) is 5.75 Å². The molecule has 0 saturated carbocycles. The van der Waals surface area contributed by atoms with Crippen LogP contribution in [0.2, 0.25) is 0 Å². The molecule has 2 aliphatic rings. The molecule has 3 aromatic rings. The monoisotopic (exact) mass is 452 g/mol. The molecule has 5 nitrogen and oxygen atoms in total. The summed E-state index contributed by atoms with van der Waals surface area (Å²) in [6.45, 7) is 1.52. The molecule has 0 N–H and O–H groups in total. The Hall–Kier alpha value is -3.86. The molecule has 2 heterocycles. The number of ether oxygens (including phenoxy) is 1. The summed E-state index contributed by atoms with van der Waals surface area (Å²) in [5, 5.41) is 0. The summed E-state index contributed by atoms with van der Waals surface area (Å²) >= 11 is 0. The van der Waals surface area contributed by atoms with Gasteiger partial charge < -0.3 is 9.64 Å². The van der Waals surface area contributed by atoms with Gasteiger partial charge >= 0.3 is 0 Å². The number of benzene rings is 3. The smallest absolute Gasteiger partial charge is 0.282 e. The maximum Gasteiger partial charge on any atom is 0.282 e. The molecule has 34 heavy (non-hydrogen) atoms. The van der Waals surface area contributed by atoms with Crippen LogP contribution in [0.4, 0.5) is 5.69 Å².